The van der Waals surface area contributed by atoms with Crippen LogP contribution in [0.15, 0.2) is 23.3 Å². The maximum atomic E-state index is 11.9. The number of aromatic nitrogens is 1. The fourth-order valence-electron chi connectivity index (χ4n) is 3.10. The van der Waals surface area contributed by atoms with Crippen molar-refractivity contribution in [2.75, 3.05) is 46.8 Å². The molecule has 2 heterocycles. The number of halogens is 2. The van der Waals surface area contributed by atoms with Gasteiger partial charge in [-0.3, -0.25) is 9.69 Å². The minimum Gasteiger partial charge on any atom is -0.356 e. The van der Waals surface area contributed by atoms with Gasteiger partial charge in [0, 0.05) is 39.4 Å². The van der Waals surface area contributed by atoms with Crippen LogP contribution in [0.1, 0.15) is 25.3 Å². The smallest absolute Gasteiger partial charge is 0.243 e. The van der Waals surface area contributed by atoms with Gasteiger partial charge in [-0.2, -0.15) is 0 Å². The number of nitrogens with zero attached hydrogens (tertiary/aromatic N) is 4. The van der Waals surface area contributed by atoms with Gasteiger partial charge in [0.1, 0.15) is 11.7 Å². The number of likely N-dealkylation sites (N-methyl/N-ethyl adjacent to an activating group) is 2. The van der Waals surface area contributed by atoms with Crippen LogP contribution in [-0.4, -0.2) is 79.5 Å². The van der Waals surface area contributed by atoms with E-state index < -0.39 is 0 Å². The third-order valence-corrected chi connectivity index (χ3v) is 5.00. The van der Waals surface area contributed by atoms with E-state index in [4.69, 9.17) is 11.6 Å². The number of amides is 1. The molecule has 2 N–H and O–H groups in total. The number of hydrogen-bond donors (Lipinski definition) is 2. The fourth-order valence-corrected chi connectivity index (χ4v) is 3.21. The maximum Gasteiger partial charge on any atom is 0.243 e. The maximum absolute atomic E-state index is 11.9. The highest BCUT2D eigenvalue weighted by molar-refractivity contribution is 14.0. The normalized spacial score (nSPS) is 17.1. The molecule has 9 heteroatoms. The number of pyridine rings is 1. The highest BCUT2D eigenvalue weighted by Crippen LogP contribution is 2.15. The van der Waals surface area contributed by atoms with Crippen LogP contribution >= 0.6 is 35.6 Å². The molecular formula is C19H32ClIN6O. The molecule has 0 spiro atoms. The van der Waals surface area contributed by atoms with Gasteiger partial charge in [-0.15, -0.1) is 24.0 Å². The van der Waals surface area contributed by atoms with Crippen molar-refractivity contribution in [3.05, 3.63) is 29.0 Å². The van der Waals surface area contributed by atoms with E-state index in [9.17, 15) is 4.79 Å². The summed E-state index contributed by atoms with van der Waals surface area (Å²) in [5.74, 6) is 0.657. The van der Waals surface area contributed by atoms with Gasteiger partial charge in [-0.05, 0) is 44.0 Å². The molecule has 28 heavy (non-hydrogen) atoms. The number of aliphatic imine (C=N–C) groups is 1. The molecule has 0 saturated carbocycles. The lowest BCUT2D eigenvalue weighted by Gasteiger charge is -2.24. The SMILES string of the molecule is CCN1CCCC1CNC(=NCC(=O)N(C)C)NCCc1ccc(Cl)nc1.I. The van der Waals surface area contributed by atoms with Crippen LogP contribution in [0.5, 0.6) is 0 Å². The van der Waals surface area contributed by atoms with E-state index in [-0.39, 0.29) is 36.4 Å². The Morgan fingerprint density at radius 3 is 2.82 bits per heavy atom. The summed E-state index contributed by atoms with van der Waals surface area (Å²) in [4.78, 5) is 24.4. The summed E-state index contributed by atoms with van der Waals surface area (Å²) in [6.45, 7) is 6.08. The zero-order valence-corrected chi connectivity index (χ0v) is 20.0. The largest absolute Gasteiger partial charge is 0.356 e. The lowest BCUT2D eigenvalue weighted by Crippen LogP contribution is -2.45. The Kier molecular flexibility index (Phi) is 11.7. The standard InChI is InChI=1S/C19H31ClN6O.HI/c1-4-26-11-5-6-16(26)13-23-19(24-14-18(27)25(2)3)21-10-9-15-7-8-17(20)22-12-15;/h7-8,12,16H,4-6,9-11,13-14H2,1-3H3,(H2,21,23,24);1H. The molecule has 0 aromatic carbocycles. The van der Waals surface area contributed by atoms with Gasteiger partial charge in [0.15, 0.2) is 5.96 Å². The lowest BCUT2D eigenvalue weighted by atomic mass is 10.2. The number of likely N-dealkylation sites (tertiary alicyclic amines) is 1. The molecule has 0 radical (unpaired) electrons. The van der Waals surface area contributed by atoms with Crippen LogP contribution in [0.25, 0.3) is 0 Å². The monoisotopic (exact) mass is 522 g/mol. The topological polar surface area (TPSA) is 72.9 Å². The molecule has 1 aromatic rings. The van der Waals surface area contributed by atoms with E-state index in [1.165, 1.54) is 12.8 Å². The molecule has 1 aromatic heterocycles. The van der Waals surface area contributed by atoms with E-state index in [0.29, 0.717) is 23.7 Å². The Hall–Kier alpha value is -1.13. The van der Waals surface area contributed by atoms with Crippen molar-refractivity contribution < 1.29 is 4.79 Å². The Bertz CT molecular complexity index is 625. The molecule has 1 saturated heterocycles. The lowest BCUT2D eigenvalue weighted by molar-refractivity contribution is -0.127. The van der Waals surface area contributed by atoms with Crippen LogP contribution in [0.3, 0.4) is 0 Å². The van der Waals surface area contributed by atoms with Crippen molar-refractivity contribution >= 4 is 47.4 Å². The molecule has 1 amide bonds. The van der Waals surface area contributed by atoms with Crippen molar-refractivity contribution in [2.24, 2.45) is 4.99 Å². The summed E-state index contributed by atoms with van der Waals surface area (Å²) >= 11 is 5.82. The molecule has 1 atom stereocenters. The molecule has 7 nitrogen and oxygen atoms in total. The third kappa shape index (κ3) is 8.48. The predicted octanol–water partition coefficient (Wildman–Crippen LogP) is 2.00. The van der Waals surface area contributed by atoms with Crippen molar-refractivity contribution in [1.29, 1.82) is 0 Å². The van der Waals surface area contributed by atoms with E-state index in [0.717, 1.165) is 31.6 Å². The quantitative estimate of drug-likeness (QED) is 0.237. The summed E-state index contributed by atoms with van der Waals surface area (Å²) in [5, 5.41) is 7.22. The second kappa shape index (κ2) is 13.2. The summed E-state index contributed by atoms with van der Waals surface area (Å²) in [5.41, 5.74) is 1.10. The summed E-state index contributed by atoms with van der Waals surface area (Å²) in [6.07, 6.45) is 5.02. The van der Waals surface area contributed by atoms with Crippen LogP contribution in [0.2, 0.25) is 5.15 Å². The van der Waals surface area contributed by atoms with Gasteiger partial charge in [0.05, 0.1) is 0 Å². The number of guanidine groups is 1. The van der Waals surface area contributed by atoms with Crippen molar-refractivity contribution in [3.8, 4) is 0 Å². The molecule has 1 fully saturated rings. The Balaban J connectivity index is 0.00000392. The molecular weight excluding hydrogens is 491 g/mol. The van der Waals surface area contributed by atoms with Crippen LogP contribution in [-0.2, 0) is 11.2 Å². The molecule has 0 aliphatic carbocycles. The minimum absolute atomic E-state index is 0. The van der Waals surface area contributed by atoms with Crippen molar-refractivity contribution in [3.63, 3.8) is 0 Å². The summed E-state index contributed by atoms with van der Waals surface area (Å²) < 4.78 is 0. The first-order valence-electron chi connectivity index (χ1n) is 9.56. The zero-order chi connectivity index (χ0) is 19.6. The Labute approximate surface area is 190 Å². The van der Waals surface area contributed by atoms with Crippen LogP contribution in [0.4, 0.5) is 0 Å². The summed E-state index contributed by atoms with van der Waals surface area (Å²) in [6, 6.07) is 4.28. The highest BCUT2D eigenvalue weighted by Gasteiger charge is 2.22. The fraction of sp³-hybridized carbons (Fsp3) is 0.632. The second-order valence-electron chi connectivity index (χ2n) is 6.92. The van der Waals surface area contributed by atoms with Gasteiger partial charge in [-0.1, -0.05) is 24.6 Å². The highest BCUT2D eigenvalue weighted by atomic mass is 127. The summed E-state index contributed by atoms with van der Waals surface area (Å²) in [7, 11) is 3.48. The van der Waals surface area contributed by atoms with Crippen LogP contribution in [0, 0.1) is 0 Å². The van der Waals surface area contributed by atoms with Gasteiger partial charge in [0.25, 0.3) is 0 Å². The van der Waals surface area contributed by atoms with E-state index >= 15 is 0 Å². The van der Waals surface area contributed by atoms with E-state index in [2.05, 4.69) is 32.4 Å². The van der Waals surface area contributed by atoms with Crippen molar-refractivity contribution in [1.82, 2.24) is 25.4 Å². The third-order valence-electron chi connectivity index (χ3n) is 4.78. The zero-order valence-electron chi connectivity index (χ0n) is 16.9. The molecule has 1 aliphatic heterocycles. The minimum atomic E-state index is -0.0194. The van der Waals surface area contributed by atoms with Gasteiger partial charge in [-0.25, -0.2) is 9.98 Å². The molecule has 1 unspecified atom stereocenters. The predicted molar refractivity (Wildman–Crippen MR) is 126 cm³/mol. The molecule has 2 rings (SSSR count). The van der Waals surface area contributed by atoms with Crippen LogP contribution < -0.4 is 10.6 Å². The average Bonchev–Trinajstić information content (AvgIpc) is 3.12. The number of hydrogen-bond acceptors (Lipinski definition) is 4. The Morgan fingerprint density at radius 2 is 2.18 bits per heavy atom. The second-order valence-corrected chi connectivity index (χ2v) is 7.31. The van der Waals surface area contributed by atoms with E-state index in [1.54, 1.807) is 31.3 Å². The average molecular weight is 523 g/mol. The molecule has 158 valence electrons. The van der Waals surface area contributed by atoms with Gasteiger partial charge >= 0.3 is 0 Å². The van der Waals surface area contributed by atoms with E-state index in [1.807, 2.05) is 6.07 Å². The first-order valence-corrected chi connectivity index (χ1v) is 9.94. The van der Waals surface area contributed by atoms with Gasteiger partial charge in [0.2, 0.25) is 5.91 Å². The number of rotatable bonds is 8. The first kappa shape index (κ1) is 24.9. The van der Waals surface area contributed by atoms with Gasteiger partial charge < -0.3 is 15.5 Å². The first-order chi connectivity index (χ1) is 13.0. The number of carbonyl (C=O) groups excluding carboxylic acids is 1. The Morgan fingerprint density at radius 1 is 1.39 bits per heavy atom. The molecule has 1 aliphatic rings. The number of nitrogens with one attached hydrogen (secondary N) is 2. The van der Waals surface area contributed by atoms with Crippen molar-refractivity contribution in [2.45, 2.75) is 32.2 Å². The number of carbonyl (C=O) groups is 1. The molecule has 0 bridgehead atoms.